The van der Waals surface area contributed by atoms with E-state index in [1.807, 2.05) is 24.3 Å². The Bertz CT molecular complexity index is 686. The number of ether oxygens (including phenoxy) is 1. The molecule has 8 heteroatoms. The molecule has 1 fully saturated rings. The van der Waals surface area contributed by atoms with Crippen molar-refractivity contribution in [3.05, 3.63) is 29.8 Å². The zero-order chi connectivity index (χ0) is 16.3. The SMILES string of the molecule is COc1ccc(/C=N/NC2=NNC(=O)C3(CCCC3=O)S2)cc1. The molecule has 1 aromatic rings. The van der Waals surface area contributed by atoms with Gasteiger partial charge in [-0.05, 0) is 42.7 Å². The molecule has 1 aliphatic carbocycles. The first-order valence-corrected chi connectivity index (χ1v) is 7.99. The highest BCUT2D eigenvalue weighted by Gasteiger charge is 2.52. The summed E-state index contributed by atoms with van der Waals surface area (Å²) < 4.78 is 4.05. The van der Waals surface area contributed by atoms with E-state index in [0.717, 1.165) is 29.5 Å². The molecule has 1 heterocycles. The van der Waals surface area contributed by atoms with Gasteiger partial charge in [-0.15, -0.1) is 5.10 Å². The molecule has 0 aromatic heterocycles. The maximum atomic E-state index is 12.0. The number of hydrazone groups is 2. The molecule has 0 bridgehead atoms. The number of rotatable bonds is 3. The van der Waals surface area contributed by atoms with Crippen LogP contribution in [-0.2, 0) is 9.59 Å². The summed E-state index contributed by atoms with van der Waals surface area (Å²) in [6.45, 7) is 0. The number of hydrogen-bond donors (Lipinski definition) is 2. The van der Waals surface area contributed by atoms with Crippen LogP contribution < -0.4 is 15.6 Å². The zero-order valence-electron chi connectivity index (χ0n) is 12.5. The summed E-state index contributed by atoms with van der Waals surface area (Å²) >= 11 is 1.14. The number of ketones is 1. The Morgan fingerprint density at radius 2 is 2.17 bits per heavy atom. The second-order valence-corrected chi connectivity index (χ2v) is 6.49. The summed E-state index contributed by atoms with van der Waals surface area (Å²) in [5.41, 5.74) is 6.07. The van der Waals surface area contributed by atoms with Crippen LogP contribution >= 0.6 is 11.8 Å². The molecule has 1 saturated carbocycles. The molecular formula is C15H16N4O3S. The highest BCUT2D eigenvalue weighted by Crippen LogP contribution is 2.40. The predicted octanol–water partition coefficient (Wildman–Crippen LogP) is 1.24. The number of amidine groups is 1. The van der Waals surface area contributed by atoms with Crippen LogP contribution in [-0.4, -0.2) is 34.9 Å². The van der Waals surface area contributed by atoms with Crippen molar-refractivity contribution in [3.8, 4) is 5.75 Å². The van der Waals surface area contributed by atoms with Crippen molar-refractivity contribution in [1.29, 1.82) is 0 Å². The minimum absolute atomic E-state index is 0.0478. The van der Waals surface area contributed by atoms with Crippen LogP contribution in [0.3, 0.4) is 0 Å². The number of Topliss-reactive ketones (excluding diaryl/α,β-unsaturated/α-hetero) is 1. The first kappa shape index (κ1) is 15.5. The Labute approximate surface area is 137 Å². The maximum absolute atomic E-state index is 12.0. The Hall–Kier alpha value is -2.35. The fraction of sp³-hybridized carbons (Fsp3) is 0.333. The van der Waals surface area contributed by atoms with Gasteiger partial charge in [-0.3, -0.25) is 15.0 Å². The summed E-state index contributed by atoms with van der Waals surface area (Å²) in [5.74, 6) is 0.384. The second kappa shape index (κ2) is 6.41. The lowest BCUT2D eigenvalue weighted by Gasteiger charge is -2.27. The number of carbonyl (C=O) groups excluding carboxylic acids is 2. The molecule has 3 rings (SSSR count). The molecule has 1 unspecified atom stereocenters. The van der Waals surface area contributed by atoms with Gasteiger partial charge in [-0.1, -0.05) is 11.8 Å². The summed E-state index contributed by atoms with van der Waals surface area (Å²) in [4.78, 5) is 24.0. The van der Waals surface area contributed by atoms with E-state index < -0.39 is 4.75 Å². The van der Waals surface area contributed by atoms with E-state index in [9.17, 15) is 9.59 Å². The number of benzene rings is 1. The average molecular weight is 332 g/mol. The van der Waals surface area contributed by atoms with E-state index in [1.54, 1.807) is 13.3 Å². The first-order chi connectivity index (χ1) is 11.1. The minimum Gasteiger partial charge on any atom is -0.497 e. The van der Waals surface area contributed by atoms with Crippen molar-refractivity contribution in [1.82, 2.24) is 10.9 Å². The lowest BCUT2D eigenvalue weighted by atomic mass is 10.1. The molecule has 23 heavy (non-hydrogen) atoms. The number of carbonyl (C=O) groups is 2. The molecule has 0 radical (unpaired) electrons. The molecular weight excluding hydrogens is 316 g/mol. The second-order valence-electron chi connectivity index (χ2n) is 5.21. The number of hydrogen-bond acceptors (Lipinski definition) is 7. The third kappa shape index (κ3) is 3.07. The van der Waals surface area contributed by atoms with Crippen molar-refractivity contribution < 1.29 is 14.3 Å². The van der Waals surface area contributed by atoms with Crippen LogP contribution in [0.4, 0.5) is 0 Å². The Morgan fingerprint density at radius 3 is 2.83 bits per heavy atom. The molecule has 1 aromatic carbocycles. The highest BCUT2D eigenvalue weighted by molar-refractivity contribution is 8.16. The summed E-state index contributed by atoms with van der Waals surface area (Å²) in [6.07, 6.45) is 3.32. The van der Waals surface area contributed by atoms with Gasteiger partial charge >= 0.3 is 0 Å². The van der Waals surface area contributed by atoms with E-state index in [0.29, 0.717) is 18.0 Å². The number of methoxy groups -OCH3 is 1. The highest BCUT2D eigenvalue weighted by atomic mass is 32.2. The van der Waals surface area contributed by atoms with Crippen LogP contribution in [0.5, 0.6) is 5.75 Å². The monoisotopic (exact) mass is 332 g/mol. The fourth-order valence-corrected chi connectivity index (χ4v) is 3.63. The van der Waals surface area contributed by atoms with Crippen LogP contribution in [0.15, 0.2) is 34.5 Å². The molecule has 1 aliphatic heterocycles. The van der Waals surface area contributed by atoms with Gasteiger partial charge in [0.2, 0.25) is 5.17 Å². The van der Waals surface area contributed by atoms with Crippen LogP contribution in [0.2, 0.25) is 0 Å². The average Bonchev–Trinajstić information content (AvgIpc) is 2.93. The van der Waals surface area contributed by atoms with Crippen LogP contribution in [0, 0.1) is 0 Å². The van der Waals surface area contributed by atoms with Gasteiger partial charge in [0.05, 0.1) is 13.3 Å². The Morgan fingerprint density at radius 1 is 1.39 bits per heavy atom. The largest absolute Gasteiger partial charge is 0.497 e. The quantitative estimate of drug-likeness (QED) is 0.494. The van der Waals surface area contributed by atoms with E-state index in [4.69, 9.17) is 4.74 Å². The number of thioether (sulfide) groups is 1. The zero-order valence-corrected chi connectivity index (χ0v) is 13.4. The third-order valence-corrected chi connectivity index (χ3v) is 5.11. The lowest BCUT2D eigenvalue weighted by Crippen LogP contribution is -2.51. The van der Waals surface area contributed by atoms with Crippen LogP contribution in [0.25, 0.3) is 0 Å². The normalized spacial score (nSPS) is 24.0. The van der Waals surface area contributed by atoms with Crippen molar-refractivity contribution in [3.63, 3.8) is 0 Å². The van der Waals surface area contributed by atoms with Crippen molar-refractivity contribution in [2.75, 3.05) is 7.11 Å². The van der Waals surface area contributed by atoms with Gasteiger partial charge in [0.25, 0.3) is 5.91 Å². The van der Waals surface area contributed by atoms with Crippen molar-refractivity contribution >= 4 is 34.8 Å². The first-order valence-electron chi connectivity index (χ1n) is 7.18. The lowest BCUT2D eigenvalue weighted by molar-refractivity contribution is -0.130. The van der Waals surface area contributed by atoms with Crippen molar-refractivity contribution in [2.24, 2.45) is 10.2 Å². The maximum Gasteiger partial charge on any atom is 0.264 e. The van der Waals surface area contributed by atoms with E-state index >= 15 is 0 Å². The number of nitrogens with zero attached hydrogens (tertiary/aromatic N) is 2. The molecule has 2 N–H and O–H groups in total. The topological polar surface area (TPSA) is 92.2 Å². The van der Waals surface area contributed by atoms with E-state index in [-0.39, 0.29) is 11.7 Å². The van der Waals surface area contributed by atoms with Gasteiger partial charge in [0, 0.05) is 6.42 Å². The summed E-state index contributed by atoms with van der Waals surface area (Å²) in [7, 11) is 1.61. The van der Waals surface area contributed by atoms with Crippen molar-refractivity contribution in [2.45, 2.75) is 24.0 Å². The number of amides is 1. The summed E-state index contributed by atoms with van der Waals surface area (Å²) in [6, 6.07) is 7.40. The predicted molar refractivity (Wildman–Crippen MR) is 88.5 cm³/mol. The fourth-order valence-electron chi connectivity index (χ4n) is 2.51. The molecule has 1 amide bonds. The van der Waals surface area contributed by atoms with E-state index in [1.165, 1.54) is 0 Å². The minimum atomic E-state index is -1.04. The number of nitrogens with one attached hydrogen (secondary N) is 2. The van der Waals surface area contributed by atoms with Gasteiger partial charge in [-0.2, -0.15) is 5.10 Å². The van der Waals surface area contributed by atoms with Crippen LogP contribution in [0.1, 0.15) is 24.8 Å². The van der Waals surface area contributed by atoms with Gasteiger partial charge < -0.3 is 4.74 Å². The standard InChI is InChI=1S/C15H16N4O3S/c1-22-11-6-4-10(5-7-11)9-16-18-14-19-17-13(21)15(23-14)8-2-3-12(15)20/h4-7,9H,2-3,8H2,1H3,(H,17,21)(H,18,19)/b16-9+. The van der Waals surface area contributed by atoms with E-state index in [2.05, 4.69) is 21.1 Å². The molecule has 7 nitrogen and oxygen atoms in total. The molecule has 1 atom stereocenters. The molecule has 2 aliphatic rings. The van der Waals surface area contributed by atoms with Gasteiger partial charge in [0.1, 0.15) is 5.75 Å². The smallest absolute Gasteiger partial charge is 0.264 e. The molecule has 0 saturated heterocycles. The van der Waals surface area contributed by atoms with Gasteiger partial charge in [0.15, 0.2) is 10.5 Å². The third-order valence-electron chi connectivity index (χ3n) is 3.77. The summed E-state index contributed by atoms with van der Waals surface area (Å²) in [5, 5.41) is 8.41. The Balaban J connectivity index is 1.65. The molecule has 1 spiro atoms. The Kier molecular flexibility index (Phi) is 4.33. The van der Waals surface area contributed by atoms with Gasteiger partial charge in [-0.25, -0.2) is 5.43 Å². The molecule has 120 valence electrons.